The number of rotatable bonds is 5. The van der Waals surface area contributed by atoms with E-state index in [1.165, 1.54) is 0 Å². The predicted octanol–water partition coefficient (Wildman–Crippen LogP) is 0.779. The Labute approximate surface area is 219 Å². The molecule has 13 heteroatoms. The van der Waals surface area contributed by atoms with Gasteiger partial charge in [-0.2, -0.15) is 0 Å². The molecule has 36 heavy (non-hydrogen) atoms. The third kappa shape index (κ3) is 4.50. The van der Waals surface area contributed by atoms with Gasteiger partial charge in [0.05, 0.1) is 29.0 Å². The van der Waals surface area contributed by atoms with Gasteiger partial charge in [-0.1, -0.05) is 6.92 Å². The summed E-state index contributed by atoms with van der Waals surface area (Å²) in [6.07, 6.45) is 0.104. The SMILES string of the molecule is CC[C@@]1(O)C(=O)OCc2c1cc1n(c2=O)Cc2cc3c(CN(C)C)c(O)ccc3nc2-1.O=[As]O[As]=O. The van der Waals surface area contributed by atoms with Crippen LogP contribution in [0.4, 0.5) is 0 Å². The van der Waals surface area contributed by atoms with Crippen LogP contribution < -0.4 is 5.56 Å². The Morgan fingerprint density at radius 3 is 2.56 bits per heavy atom. The van der Waals surface area contributed by atoms with Crippen LogP contribution in [0.5, 0.6) is 5.75 Å². The van der Waals surface area contributed by atoms with Crippen LogP contribution in [0, 0.1) is 0 Å². The number of pyridine rings is 2. The molecule has 0 amide bonds. The van der Waals surface area contributed by atoms with Crippen molar-refractivity contribution >= 4 is 48.9 Å². The Morgan fingerprint density at radius 2 is 1.94 bits per heavy atom. The Hall–Kier alpha value is -2.55. The van der Waals surface area contributed by atoms with Gasteiger partial charge in [-0.15, -0.1) is 0 Å². The second-order valence-corrected chi connectivity index (χ2v) is 11.4. The van der Waals surface area contributed by atoms with E-state index in [9.17, 15) is 27.3 Å². The molecular formula is C23H23As2N3O8. The Bertz CT molecular complexity index is 1450. The molecule has 0 aliphatic carbocycles. The first-order valence-corrected chi connectivity index (χ1v) is 14.0. The number of carbonyl (C=O) groups excluding carboxylic acids is 1. The van der Waals surface area contributed by atoms with Crippen molar-refractivity contribution in [3.05, 3.63) is 56.9 Å². The summed E-state index contributed by atoms with van der Waals surface area (Å²) in [5, 5.41) is 22.2. The number of phenolic OH excluding ortho intramolecular Hbond substituents is 1. The van der Waals surface area contributed by atoms with E-state index in [2.05, 4.69) is 2.72 Å². The predicted molar refractivity (Wildman–Crippen MR) is 128 cm³/mol. The van der Waals surface area contributed by atoms with Gasteiger partial charge in [0.1, 0.15) is 12.4 Å². The molecule has 0 saturated carbocycles. The molecular weight excluding hydrogens is 596 g/mol. The third-order valence-corrected chi connectivity index (χ3v) is 8.05. The number of aliphatic hydroxyl groups is 1. The van der Waals surface area contributed by atoms with Crippen LogP contribution in [0.3, 0.4) is 0 Å². The molecule has 2 aromatic heterocycles. The van der Waals surface area contributed by atoms with Gasteiger partial charge in [0, 0.05) is 28.6 Å². The van der Waals surface area contributed by atoms with Gasteiger partial charge < -0.3 is 24.4 Å². The first kappa shape index (κ1) is 26.5. The molecule has 4 heterocycles. The van der Waals surface area contributed by atoms with Crippen molar-refractivity contribution in [3.63, 3.8) is 0 Å². The number of nitrogens with zero attached hydrogens (tertiary/aromatic N) is 3. The number of aromatic hydroxyl groups is 1. The maximum absolute atomic E-state index is 13.2. The minimum atomic E-state index is -1.84. The normalized spacial score (nSPS) is 18.0. The second kappa shape index (κ2) is 10.4. The van der Waals surface area contributed by atoms with Crippen molar-refractivity contribution in [2.24, 2.45) is 0 Å². The molecule has 0 saturated heterocycles. The van der Waals surface area contributed by atoms with E-state index in [0.29, 0.717) is 41.1 Å². The number of fused-ring (bicyclic) bond motifs is 5. The number of carbonyl (C=O) groups is 1. The zero-order valence-electron chi connectivity index (χ0n) is 19.7. The number of cyclic esters (lactones) is 1. The summed E-state index contributed by atoms with van der Waals surface area (Å²) < 4.78 is 29.1. The van der Waals surface area contributed by atoms with Crippen molar-refractivity contribution < 1.29 is 29.9 Å². The summed E-state index contributed by atoms with van der Waals surface area (Å²) in [7, 11) is 3.86. The third-order valence-electron chi connectivity index (χ3n) is 6.32. The minimum absolute atomic E-state index is 0.104. The molecule has 0 unspecified atom stereocenters. The molecule has 1 aromatic carbocycles. The number of hydrogen-bond acceptors (Lipinski definition) is 10. The summed E-state index contributed by atoms with van der Waals surface area (Å²) in [6, 6.07) is 7.05. The van der Waals surface area contributed by atoms with Crippen LogP contribution in [0.25, 0.3) is 22.3 Å². The molecule has 188 valence electrons. The van der Waals surface area contributed by atoms with Gasteiger partial charge in [0.2, 0.25) is 0 Å². The fourth-order valence-electron chi connectivity index (χ4n) is 4.60. The zero-order valence-corrected chi connectivity index (χ0v) is 23.5. The molecule has 0 radical (unpaired) electrons. The molecule has 2 aliphatic heterocycles. The van der Waals surface area contributed by atoms with Crippen LogP contribution >= 0.6 is 0 Å². The second-order valence-electron chi connectivity index (χ2n) is 8.70. The molecule has 0 fully saturated rings. The molecule has 1 atom stereocenters. The summed E-state index contributed by atoms with van der Waals surface area (Å²) in [6.45, 7) is 2.41. The standard InChI is InChI=1S/C23H23N3O5.As2O3/c1-4-23(30)16-8-18-20-12(9-26(18)21(28)15(16)11-31-22(23)29)7-13-14(10-25(2)3)19(27)6-5-17(13)24-20;3-1-5-2-4/h5-8,27,30H,4,9-11H2,1-3H3;/t23-;/m0./s1. The fourth-order valence-corrected chi connectivity index (χ4v) is 4.95. The van der Waals surface area contributed by atoms with Gasteiger partial charge in [-0.3, -0.25) is 4.79 Å². The molecule has 2 N–H and O–H groups in total. The van der Waals surface area contributed by atoms with E-state index >= 15 is 0 Å². The topological polar surface area (TPSA) is 148 Å². The Balaban J connectivity index is 0.000000556. The quantitative estimate of drug-likeness (QED) is 0.243. The van der Waals surface area contributed by atoms with Gasteiger partial charge in [0.25, 0.3) is 5.56 Å². The molecule has 0 spiro atoms. The summed E-state index contributed by atoms with van der Waals surface area (Å²) in [5.74, 6) is -0.532. The average molecular weight is 619 g/mol. The monoisotopic (exact) mass is 619 g/mol. The van der Waals surface area contributed by atoms with Crippen molar-refractivity contribution in [1.29, 1.82) is 0 Å². The van der Waals surface area contributed by atoms with E-state index in [1.807, 2.05) is 25.1 Å². The molecule has 3 aromatic rings. The van der Waals surface area contributed by atoms with Gasteiger partial charge in [-0.05, 0) is 44.8 Å². The first-order valence-electron chi connectivity index (χ1n) is 10.9. The van der Waals surface area contributed by atoms with E-state index in [0.717, 1.165) is 16.5 Å². The van der Waals surface area contributed by atoms with E-state index in [1.54, 1.807) is 29.7 Å². The van der Waals surface area contributed by atoms with Crippen LogP contribution in [0.2, 0.25) is 0 Å². The first-order chi connectivity index (χ1) is 17.2. The van der Waals surface area contributed by atoms with Gasteiger partial charge in [-0.25, -0.2) is 9.78 Å². The van der Waals surface area contributed by atoms with Crippen molar-refractivity contribution in [2.75, 3.05) is 14.1 Å². The number of benzene rings is 1. The molecule has 5 rings (SSSR count). The average Bonchev–Trinajstić information content (AvgIpc) is 3.21. The number of ether oxygens (including phenoxy) is 1. The van der Waals surface area contributed by atoms with Gasteiger partial charge in [0.15, 0.2) is 5.60 Å². The van der Waals surface area contributed by atoms with Crippen molar-refractivity contribution in [1.82, 2.24) is 14.5 Å². The van der Waals surface area contributed by atoms with Gasteiger partial charge >= 0.3 is 48.2 Å². The summed E-state index contributed by atoms with van der Waals surface area (Å²) in [5.41, 5.74) is 2.03. The number of esters is 1. The number of hydrogen-bond donors (Lipinski definition) is 2. The van der Waals surface area contributed by atoms with Crippen LogP contribution in [-0.4, -0.2) is 76.8 Å². The number of aromatic nitrogens is 2. The molecule has 0 bridgehead atoms. The summed E-state index contributed by atoms with van der Waals surface area (Å²) >= 11 is -2.61. The zero-order chi connectivity index (χ0) is 26.2. The maximum atomic E-state index is 13.2. The van der Waals surface area contributed by atoms with E-state index < -0.39 is 43.6 Å². The molecule has 11 nitrogen and oxygen atoms in total. The van der Waals surface area contributed by atoms with Crippen LogP contribution in [-0.2, 0) is 45.0 Å². The molecule has 2 aliphatic rings. The van der Waals surface area contributed by atoms with Crippen molar-refractivity contribution in [2.45, 2.75) is 38.6 Å². The fraction of sp³-hybridized carbons (Fsp3) is 0.348. The Kier molecular flexibility index (Phi) is 7.69. The summed E-state index contributed by atoms with van der Waals surface area (Å²) in [4.78, 5) is 32.3. The van der Waals surface area contributed by atoms with Crippen LogP contribution in [0.15, 0.2) is 29.1 Å². The van der Waals surface area contributed by atoms with E-state index in [-0.39, 0.29) is 24.3 Å². The Morgan fingerprint density at radius 1 is 1.22 bits per heavy atom. The number of phenols is 1. The van der Waals surface area contributed by atoms with E-state index in [4.69, 9.17) is 9.72 Å². The van der Waals surface area contributed by atoms with Crippen molar-refractivity contribution in [3.8, 4) is 17.1 Å². The van der Waals surface area contributed by atoms with Crippen LogP contribution in [0.1, 0.15) is 35.6 Å².